The van der Waals surface area contributed by atoms with Crippen molar-refractivity contribution in [3.8, 4) is 0 Å². The quantitative estimate of drug-likeness (QED) is 0.479. The van der Waals surface area contributed by atoms with Crippen molar-refractivity contribution in [1.82, 2.24) is 4.31 Å². The molecule has 0 saturated heterocycles. The van der Waals surface area contributed by atoms with Gasteiger partial charge >= 0.3 is 6.09 Å². The molecule has 0 aliphatic rings. The van der Waals surface area contributed by atoms with E-state index in [4.69, 9.17) is 10.7 Å². The summed E-state index contributed by atoms with van der Waals surface area (Å²) in [5.74, 6) is 0. The van der Waals surface area contributed by atoms with E-state index in [0.717, 1.165) is 24.0 Å². The first kappa shape index (κ1) is 14.9. The van der Waals surface area contributed by atoms with Gasteiger partial charge in [-0.25, -0.2) is 9.10 Å². The average molecular weight is 254 g/mol. The average Bonchev–Trinajstić information content (AvgIpc) is 2.27. The minimum atomic E-state index is -0.372. The van der Waals surface area contributed by atoms with Crippen LogP contribution in [-0.2, 0) is 4.74 Å². The fourth-order valence-electron chi connectivity index (χ4n) is 1.29. The van der Waals surface area contributed by atoms with E-state index >= 15 is 0 Å². The molecule has 15 heavy (non-hydrogen) atoms. The van der Waals surface area contributed by atoms with Crippen molar-refractivity contribution < 1.29 is 9.53 Å². The van der Waals surface area contributed by atoms with Gasteiger partial charge in [0.25, 0.3) is 0 Å². The van der Waals surface area contributed by atoms with Gasteiger partial charge in [0.1, 0.15) is 0 Å². The minimum Gasteiger partial charge on any atom is -0.452 e. The molecule has 0 spiro atoms. The van der Waals surface area contributed by atoms with Crippen molar-refractivity contribution >= 4 is 27.9 Å². The van der Waals surface area contributed by atoms with Crippen LogP contribution < -0.4 is 0 Å². The normalized spacial score (nSPS) is 10.1. The molecule has 0 N–H and O–H groups in total. The molecule has 0 fully saturated rings. The number of carbonyl (C=O) groups excluding carboxylic acids is 1. The van der Waals surface area contributed by atoms with Gasteiger partial charge in [-0.15, -0.1) is 0 Å². The monoisotopic (exact) mass is 253 g/mol. The highest BCUT2D eigenvalue weighted by atomic mass is 35.7. The molecule has 1 amide bonds. The molecule has 0 aliphatic heterocycles. The maximum Gasteiger partial charge on any atom is 0.420 e. The van der Waals surface area contributed by atoms with Crippen LogP contribution in [0.1, 0.15) is 45.4 Å². The van der Waals surface area contributed by atoms with Crippen LogP contribution in [0.25, 0.3) is 0 Å². The van der Waals surface area contributed by atoms with Crippen LogP contribution in [0, 0.1) is 0 Å². The van der Waals surface area contributed by atoms with E-state index in [1.54, 1.807) is 0 Å². The van der Waals surface area contributed by atoms with Crippen molar-refractivity contribution in [2.45, 2.75) is 45.4 Å². The van der Waals surface area contributed by atoms with Crippen LogP contribution in [-0.4, -0.2) is 24.1 Å². The summed E-state index contributed by atoms with van der Waals surface area (Å²) < 4.78 is 6.01. The van der Waals surface area contributed by atoms with Crippen molar-refractivity contribution in [3.63, 3.8) is 0 Å². The molecule has 0 aliphatic carbocycles. The summed E-state index contributed by atoms with van der Waals surface area (Å²) in [7, 11) is 6.91. The third-order valence-corrected chi connectivity index (χ3v) is 3.17. The van der Waals surface area contributed by atoms with Gasteiger partial charge in [-0.05, 0) is 17.1 Å². The van der Waals surface area contributed by atoms with Crippen LogP contribution >= 0.6 is 21.8 Å². The summed E-state index contributed by atoms with van der Waals surface area (Å²) in [5, 5.41) is 0. The maximum atomic E-state index is 11.1. The molecular weight excluding hydrogens is 234 g/mol. The van der Waals surface area contributed by atoms with E-state index in [1.165, 1.54) is 37.1 Å². The van der Waals surface area contributed by atoms with Crippen molar-refractivity contribution in [2.75, 3.05) is 13.7 Å². The van der Waals surface area contributed by atoms with Gasteiger partial charge in [-0.3, -0.25) is 0 Å². The fourth-order valence-corrected chi connectivity index (χ4v) is 2.00. The Hall–Kier alpha value is -0.0900. The van der Waals surface area contributed by atoms with E-state index < -0.39 is 0 Å². The number of hydrogen-bond acceptors (Lipinski definition) is 3. The molecule has 3 nitrogen and oxygen atoms in total. The Bertz CT molecular complexity index is 170. The number of halogens is 1. The molecular formula is C10H20ClNO2S. The van der Waals surface area contributed by atoms with Crippen LogP contribution in [0.15, 0.2) is 0 Å². The van der Waals surface area contributed by atoms with Crippen molar-refractivity contribution in [3.05, 3.63) is 0 Å². The second-order valence-electron chi connectivity index (χ2n) is 3.41. The van der Waals surface area contributed by atoms with Gasteiger partial charge in [0.2, 0.25) is 0 Å². The second-order valence-corrected chi connectivity index (χ2v) is 4.40. The number of ether oxygens (including phenoxy) is 1. The number of unbranched alkanes of at least 4 members (excludes halogenated alkanes) is 5. The summed E-state index contributed by atoms with van der Waals surface area (Å²) in [6, 6.07) is 0. The molecule has 5 heteroatoms. The smallest absolute Gasteiger partial charge is 0.420 e. The van der Waals surface area contributed by atoms with Crippen LogP contribution in [0.5, 0.6) is 0 Å². The lowest BCUT2D eigenvalue weighted by Gasteiger charge is -2.15. The van der Waals surface area contributed by atoms with Crippen LogP contribution in [0.2, 0.25) is 0 Å². The second kappa shape index (κ2) is 10.4. The predicted molar refractivity (Wildman–Crippen MR) is 65.9 cm³/mol. The lowest BCUT2D eigenvalue weighted by molar-refractivity contribution is 0.152. The topological polar surface area (TPSA) is 29.5 Å². The molecule has 0 aromatic carbocycles. The van der Waals surface area contributed by atoms with E-state index in [-0.39, 0.29) is 6.09 Å². The third-order valence-electron chi connectivity index (χ3n) is 2.18. The lowest BCUT2D eigenvalue weighted by atomic mass is 10.1. The van der Waals surface area contributed by atoms with E-state index in [1.807, 2.05) is 0 Å². The first-order chi connectivity index (χ1) is 7.26. The van der Waals surface area contributed by atoms with Gasteiger partial charge < -0.3 is 4.74 Å². The molecule has 0 rings (SSSR count). The zero-order chi connectivity index (χ0) is 11.5. The first-order valence-corrected chi connectivity index (χ1v) is 7.00. The highest BCUT2D eigenvalue weighted by Crippen LogP contribution is 2.17. The molecule has 90 valence electrons. The molecule has 0 atom stereocenters. The minimum absolute atomic E-state index is 0.372. The molecule has 0 aromatic rings. The summed E-state index contributed by atoms with van der Waals surface area (Å²) >= 11 is 0.902. The number of nitrogens with zero attached hydrogens (tertiary/aromatic N) is 1. The number of rotatable bonds is 8. The Balaban J connectivity index is 3.42. The number of hydrogen-bond donors (Lipinski definition) is 0. The third kappa shape index (κ3) is 7.79. The van der Waals surface area contributed by atoms with Crippen molar-refractivity contribution in [2.24, 2.45) is 0 Å². The largest absolute Gasteiger partial charge is 0.452 e. The maximum absolute atomic E-state index is 11.1. The molecule has 0 bridgehead atoms. The summed E-state index contributed by atoms with van der Waals surface area (Å²) in [4.78, 5) is 11.1. The van der Waals surface area contributed by atoms with Crippen LogP contribution in [0.3, 0.4) is 0 Å². The summed E-state index contributed by atoms with van der Waals surface area (Å²) in [5.41, 5.74) is 0. The summed E-state index contributed by atoms with van der Waals surface area (Å²) in [6.45, 7) is 2.86. The molecule has 0 unspecified atom stereocenters. The fraction of sp³-hybridized carbons (Fsp3) is 0.900. The predicted octanol–water partition coefficient (Wildman–Crippen LogP) is 4.22. The van der Waals surface area contributed by atoms with Gasteiger partial charge in [0, 0.05) is 6.54 Å². The van der Waals surface area contributed by atoms with E-state index in [2.05, 4.69) is 11.7 Å². The standard InChI is InChI=1S/C10H20ClNO2S/c1-3-4-5-6-7-8-9-12(15-11)10(13)14-2/h3-9H2,1-2H3. The molecule has 0 saturated carbocycles. The lowest BCUT2D eigenvalue weighted by Crippen LogP contribution is -2.23. The highest BCUT2D eigenvalue weighted by Gasteiger charge is 2.12. The Kier molecular flexibility index (Phi) is 10.4. The zero-order valence-corrected chi connectivity index (χ0v) is 11.1. The SMILES string of the molecule is CCCCCCCCN(SCl)C(=O)OC. The Morgan fingerprint density at radius 2 is 1.87 bits per heavy atom. The van der Waals surface area contributed by atoms with E-state index in [9.17, 15) is 4.79 Å². The van der Waals surface area contributed by atoms with Gasteiger partial charge in [0.05, 0.1) is 18.3 Å². The molecule has 0 aromatic heterocycles. The number of amides is 1. The van der Waals surface area contributed by atoms with Crippen molar-refractivity contribution in [1.29, 1.82) is 0 Å². The summed E-state index contributed by atoms with van der Waals surface area (Å²) in [6.07, 6.45) is 6.82. The molecule has 0 heterocycles. The number of carbonyl (C=O) groups is 1. The number of methoxy groups -OCH3 is 1. The van der Waals surface area contributed by atoms with Gasteiger partial charge in [-0.2, -0.15) is 0 Å². The molecule has 0 radical (unpaired) electrons. The Labute approximate surface area is 101 Å². The Morgan fingerprint density at radius 3 is 2.40 bits per heavy atom. The highest BCUT2D eigenvalue weighted by molar-refractivity contribution is 8.19. The van der Waals surface area contributed by atoms with E-state index in [0.29, 0.717) is 6.54 Å². The van der Waals surface area contributed by atoms with Gasteiger partial charge in [-0.1, -0.05) is 39.0 Å². The first-order valence-electron chi connectivity index (χ1n) is 5.40. The Morgan fingerprint density at radius 1 is 1.27 bits per heavy atom. The zero-order valence-electron chi connectivity index (χ0n) is 9.50. The van der Waals surface area contributed by atoms with Gasteiger partial charge in [0.15, 0.2) is 0 Å². The van der Waals surface area contributed by atoms with Crippen LogP contribution in [0.4, 0.5) is 4.79 Å².